The van der Waals surface area contributed by atoms with E-state index < -0.39 is 0 Å². The molecule has 0 N–H and O–H groups in total. The minimum atomic E-state index is 0. The summed E-state index contributed by atoms with van der Waals surface area (Å²) in [6.45, 7) is 0. The smallest absolute Gasteiger partial charge is 0.210 e. The monoisotopic (exact) mass is 285 g/mol. The van der Waals surface area contributed by atoms with Crippen LogP contribution >= 0.6 is 0 Å². The normalized spacial score (nSPS) is 9.88. The summed E-state index contributed by atoms with van der Waals surface area (Å²) >= 11 is 0. The zero-order valence-electron chi connectivity index (χ0n) is 9.25. The molecule has 2 aromatic heterocycles. The van der Waals surface area contributed by atoms with Gasteiger partial charge < -0.3 is 17.0 Å². The first kappa shape index (κ1) is 11.8. The lowest BCUT2D eigenvalue weighted by molar-refractivity contribution is -0.511. The van der Waals surface area contributed by atoms with E-state index in [1.165, 1.54) is 16.6 Å². The predicted molar refractivity (Wildman–Crippen MR) is 65.0 cm³/mol. The lowest BCUT2D eigenvalue weighted by Crippen LogP contribution is -3.00. The second-order valence-electron chi connectivity index (χ2n) is 3.82. The molecule has 0 fully saturated rings. The van der Waals surface area contributed by atoms with Gasteiger partial charge in [0, 0.05) is 23.8 Å². The first-order chi connectivity index (χ1) is 7.93. The van der Waals surface area contributed by atoms with Crippen LogP contribution in [0.3, 0.4) is 0 Å². The molecule has 17 heavy (non-hydrogen) atoms. The molecular weight excluding hydrogens is 274 g/mol. The van der Waals surface area contributed by atoms with Crippen LogP contribution in [0.4, 0.5) is 0 Å². The van der Waals surface area contributed by atoms with Gasteiger partial charge in [-0.05, 0) is 17.7 Å². The number of hydrogen-bond acceptors (Lipinski definition) is 0. The summed E-state index contributed by atoms with van der Waals surface area (Å²) in [7, 11) is 0. The molecule has 0 spiro atoms. The van der Waals surface area contributed by atoms with E-state index >= 15 is 0 Å². The Kier molecular flexibility index (Phi) is 3.55. The molecule has 0 aliphatic rings. The standard InChI is InChI=1S/C15H12N.BrH/c1-2-6-13(7-3-1)14-9-10-15-8-4-5-11-16(15)12-14;/h1-12H;1H/q+1;/p-1. The van der Waals surface area contributed by atoms with Gasteiger partial charge in [-0.3, -0.25) is 0 Å². The van der Waals surface area contributed by atoms with E-state index in [1.54, 1.807) is 0 Å². The SMILES string of the molecule is [Br-].c1ccc(-c2ccc3cccc[n+]3c2)cc1. The predicted octanol–water partition coefficient (Wildman–Crippen LogP) is 0.0963. The zero-order valence-corrected chi connectivity index (χ0v) is 10.8. The van der Waals surface area contributed by atoms with Crippen molar-refractivity contribution in [2.45, 2.75) is 0 Å². The second kappa shape index (κ2) is 5.11. The van der Waals surface area contributed by atoms with Crippen LogP contribution in [0.1, 0.15) is 0 Å². The molecule has 1 nitrogen and oxygen atoms in total. The summed E-state index contributed by atoms with van der Waals surface area (Å²) in [5.41, 5.74) is 3.70. The van der Waals surface area contributed by atoms with Crippen molar-refractivity contribution in [3.05, 3.63) is 73.1 Å². The van der Waals surface area contributed by atoms with Gasteiger partial charge in [0.25, 0.3) is 0 Å². The van der Waals surface area contributed by atoms with Crippen molar-refractivity contribution in [2.75, 3.05) is 0 Å². The highest BCUT2D eigenvalue weighted by atomic mass is 79.9. The summed E-state index contributed by atoms with van der Waals surface area (Å²) in [6, 6.07) is 20.9. The summed E-state index contributed by atoms with van der Waals surface area (Å²) in [5, 5.41) is 0. The van der Waals surface area contributed by atoms with Crippen LogP contribution < -0.4 is 21.4 Å². The summed E-state index contributed by atoms with van der Waals surface area (Å²) in [4.78, 5) is 0. The minimum absolute atomic E-state index is 0. The Hall–Kier alpha value is -1.67. The molecule has 0 bridgehead atoms. The third-order valence-corrected chi connectivity index (χ3v) is 2.74. The van der Waals surface area contributed by atoms with Crippen molar-refractivity contribution in [1.82, 2.24) is 0 Å². The van der Waals surface area contributed by atoms with Crippen molar-refractivity contribution >= 4 is 5.52 Å². The highest BCUT2D eigenvalue weighted by Crippen LogP contribution is 2.17. The van der Waals surface area contributed by atoms with Crippen LogP contribution in [0, 0.1) is 0 Å². The molecule has 2 heterocycles. The molecule has 0 aliphatic carbocycles. The van der Waals surface area contributed by atoms with Crippen molar-refractivity contribution in [3.8, 4) is 11.1 Å². The van der Waals surface area contributed by atoms with Crippen LogP contribution in [-0.4, -0.2) is 0 Å². The van der Waals surface area contributed by atoms with E-state index in [1.807, 2.05) is 12.1 Å². The van der Waals surface area contributed by atoms with Gasteiger partial charge in [-0.2, -0.15) is 4.40 Å². The third-order valence-electron chi connectivity index (χ3n) is 2.74. The molecule has 3 aromatic rings. The quantitative estimate of drug-likeness (QED) is 0.559. The second-order valence-corrected chi connectivity index (χ2v) is 3.82. The number of hydrogen-bond donors (Lipinski definition) is 0. The summed E-state index contributed by atoms with van der Waals surface area (Å²) < 4.78 is 2.14. The number of fused-ring (bicyclic) bond motifs is 1. The fraction of sp³-hybridized carbons (Fsp3) is 0. The van der Waals surface area contributed by atoms with E-state index in [0.717, 1.165) is 0 Å². The van der Waals surface area contributed by atoms with Gasteiger partial charge in [-0.25, -0.2) is 0 Å². The lowest BCUT2D eigenvalue weighted by atomic mass is 10.1. The van der Waals surface area contributed by atoms with Crippen LogP contribution in [0.2, 0.25) is 0 Å². The van der Waals surface area contributed by atoms with Crippen LogP contribution in [0.5, 0.6) is 0 Å². The van der Waals surface area contributed by atoms with Gasteiger partial charge in [-0.15, -0.1) is 0 Å². The van der Waals surface area contributed by atoms with Crippen molar-refractivity contribution < 1.29 is 21.4 Å². The number of rotatable bonds is 1. The molecule has 0 atom stereocenters. The number of nitrogens with zero attached hydrogens (tertiary/aromatic N) is 1. The van der Waals surface area contributed by atoms with E-state index in [-0.39, 0.29) is 17.0 Å². The number of aromatic nitrogens is 1. The molecular formula is C15H12BrN. The first-order valence-corrected chi connectivity index (χ1v) is 5.39. The minimum Gasteiger partial charge on any atom is -1.00 e. The van der Waals surface area contributed by atoms with Gasteiger partial charge >= 0.3 is 0 Å². The van der Waals surface area contributed by atoms with Crippen LogP contribution in [-0.2, 0) is 0 Å². The molecule has 0 saturated heterocycles. The van der Waals surface area contributed by atoms with E-state index in [2.05, 4.69) is 65.3 Å². The number of pyridine rings is 2. The largest absolute Gasteiger partial charge is 1.00 e. The van der Waals surface area contributed by atoms with Crippen molar-refractivity contribution in [1.29, 1.82) is 0 Å². The van der Waals surface area contributed by atoms with E-state index in [9.17, 15) is 0 Å². The van der Waals surface area contributed by atoms with E-state index in [0.29, 0.717) is 0 Å². The maximum atomic E-state index is 2.16. The lowest BCUT2D eigenvalue weighted by Gasteiger charge is -1.98. The van der Waals surface area contributed by atoms with Gasteiger partial charge in [0.2, 0.25) is 5.52 Å². The van der Waals surface area contributed by atoms with Gasteiger partial charge in [0.15, 0.2) is 12.4 Å². The fourth-order valence-corrected chi connectivity index (χ4v) is 1.90. The molecule has 84 valence electrons. The Labute approximate surface area is 111 Å². The molecule has 0 unspecified atom stereocenters. The Morgan fingerprint density at radius 3 is 2.24 bits per heavy atom. The average Bonchev–Trinajstić information content (AvgIpc) is 2.39. The molecule has 0 saturated carbocycles. The Balaban J connectivity index is 0.00000108. The van der Waals surface area contributed by atoms with Gasteiger partial charge in [-0.1, -0.05) is 30.3 Å². The molecule has 0 radical (unpaired) electrons. The van der Waals surface area contributed by atoms with Gasteiger partial charge in [0.05, 0.1) is 0 Å². The average molecular weight is 286 g/mol. The molecule has 0 aliphatic heterocycles. The maximum absolute atomic E-state index is 2.16. The molecule has 3 rings (SSSR count). The van der Waals surface area contributed by atoms with Crippen molar-refractivity contribution in [3.63, 3.8) is 0 Å². The first-order valence-electron chi connectivity index (χ1n) is 5.39. The highest BCUT2D eigenvalue weighted by molar-refractivity contribution is 5.62. The number of halogens is 1. The molecule has 1 aromatic carbocycles. The van der Waals surface area contributed by atoms with Crippen LogP contribution in [0.25, 0.3) is 16.6 Å². The molecule has 0 amide bonds. The Bertz CT molecular complexity index is 620. The van der Waals surface area contributed by atoms with Gasteiger partial charge in [0.1, 0.15) is 0 Å². The Morgan fingerprint density at radius 1 is 0.647 bits per heavy atom. The molecule has 2 heteroatoms. The zero-order chi connectivity index (χ0) is 10.8. The highest BCUT2D eigenvalue weighted by Gasteiger charge is 2.04. The topological polar surface area (TPSA) is 4.10 Å². The van der Waals surface area contributed by atoms with E-state index in [4.69, 9.17) is 0 Å². The van der Waals surface area contributed by atoms with Crippen LogP contribution in [0.15, 0.2) is 73.1 Å². The third kappa shape index (κ3) is 2.37. The fourth-order valence-electron chi connectivity index (χ4n) is 1.90. The van der Waals surface area contributed by atoms with Crippen molar-refractivity contribution in [2.24, 2.45) is 0 Å². The summed E-state index contributed by atoms with van der Waals surface area (Å²) in [5.74, 6) is 0. The maximum Gasteiger partial charge on any atom is 0.210 e. The Morgan fingerprint density at radius 2 is 1.41 bits per heavy atom. The summed E-state index contributed by atoms with van der Waals surface area (Å²) in [6.07, 6.45) is 4.23. The number of benzene rings is 1.